The Balaban J connectivity index is 1.54. The van der Waals surface area contributed by atoms with E-state index in [0.717, 1.165) is 17.0 Å². The molecule has 1 amide bonds. The van der Waals surface area contributed by atoms with Crippen LogP contribution < -0.4 is 15.4 Å². The van der Waals surface area contributed by atoms with Crippen LogP contribution in [0.5, 0.6) is 5.75 Å². The largest absolute Gasteiger partial charge is 0.497 e. The summed E-state index contributed by atoms with van der Waals surface area (Å²) in [4.78, 5) is 31.3. The zero-order chi connectivity index (χ0) is 25.2. The topological polar surface area (TPSA) is 80.3 Å². The van der Waals surface area contributed by atoms with Crippen molar-refractivity contribution in [1.29, 1.82) is 0 Å². The first-order chi connectivity index (χ1) is 17.4. The highest BCUT2D eigenvalue weighted by atomic mass is 19.1. The molecule has 1 aromatic heterocycles. The molecule has 2 aliphatic rings. The van der Waals surface area contributed by atoms with Crippen LogP contribution in [0.1, 0.15) is 42.7 Å². The van der Waals surface area contributed by atoms with E-state index in [2.05, 4.69) is 15.6 Å². The SMILES string of the molecule is COc1ccc(C2CC(=O)C3=C(C2)NC(C)=C(C(=O)Nc2ccccn2)C3c2ccc(F)cc2)cc1. The van der Waals surface area contributed by atoms with Gasteiger partial charge < -0.3 is 15.4 Å². The fraction of sp³-hybridized carbons (Fsp3) is 0.207. The van der Waals surface area contributed by atoms with E-state index in [9.17, 15) is 14.0 Å². The Bertz CT molecular complexity index is 1360. The summed E-state index contributed by atoms with van der Waals surface area (Å²) in [7, 11) is 1.62. The lowest BCUT2D eigenvalue weighted by Crippen LogP contribution is -2.37. The Morgan fingerprint density at radius 3 is 2.42 bits per heavy atom. The van der Waals surface area contributed by atoms with Gasteiger partial charge in [-0.25, -0.2) is 9.37 Å². The molecule has 7 heteroatoms. The molecule has 1 aliphatic carbocycles. The number of dihydropyridines is 1. The Hall–Kier alpha value is -4.26. The molecule has 6 nitrogen and oxygen atoms in total. The van der Waals surface area contributed by atoms with Gasteiger partial charge in [0.25, 0.3) is 5.91 Å². The van der Waals surface area contributed by atoms with Crippen molar-refractivity contribution in [2.24, 2.45) is 0 Å². The van der Waals surface area contributed by atoms with E-state index >= 15 is 0 Å². The smallest absolute Gasteiger partial charge is 0.255 e. The summed E-state index contributed by atoms with van der Waals surface area (Å²) in [5.41, 5.74) is 4.17. The van der Waals surface area contributed by atoms with Gasteiger partial charge in [-0.3, -0.25) is 9.59 Å². The van der Waals surface area contributed by atoms with E-state index in [1.165, 1.54) is 12.1 Å². The summed E-state index contributed by atoms with van der Waals surface area (Å²) in [5, 5.41) is 6.20. The highest BCUT2D eigenvalue weighted by molar-refractivity contribution is 6.09. The van der Waals surface area contributed by atoms with Gasteiger partial charge in [-0.2, -0.15) is 0 Å². The van der Waals surface area contributed by atoms with Gasteiger partial charge in [0, 0.05) is 41.1 Å². The number of nitrogens with one attached hydrogen (secondary N) is 2. The van der Waals surface area contributed by atoms with Gasteiger partial charge in [0.15, 0.2) is 5.78 Å². The molecule has 5 rings (SSSR count). The van der Waals surface area contributed by atoms with Crippen LogP contribution >= 0.6 is 0 Å². The molecule has 2 atom stereocenters. The van der Waals surface area contributed by atoms with Gasteiger partial charge >= 0.3 is 0 Å². The van der Waals surface area contributed by atoms with Crippen LogP contribution in [0.25, 0.3) is 0 Å². The molecular formula is C29H26FN3O3. The first-order valence-electron chi connectivity index (χ1n) is 11.8. The van der Waals surface area contributed by atoms with E-state index in [0.29, 0.717) is 41.1 Å². The van der Waals surface area contributed by atoms with E-state index in [4.69, 9.17) is 4.74 Å². The number of pyridine rings is 1. The quantitative estimate of drug-likeness (QED) is 0.520. The van der Waals surface area contributed by atoms with Crippen molar-refractivity contribution in [3.63, 3.8) is 0 Å². The van der Waals surface area contributed by atoms with E-state index < -0.39 is 5.92 Å². The number of Topliss-reactive ketones (excluding diaryl/α,β-unsaturated/α-hetero) is 1. The second-order valence-corrected chi connectivity index (χ2v) is 9.01. The number of carbonyl (C=O) groups excluding carboxylic acids is 2. The number of allylic oxidation sites excluding steroid dienone is 3. The summed E-state index contributed by atoms with van der Waals surface area (Å²) < 4.78 is 19.0. The standard InChI is InChI=1S/C29H26FN3O3/c1-17-26(29(35)33-25-5-3-4-14-31-25)27(19-6-10-21(30)11-7-19)28-23(32-17)15-20(16-24(28)34)18-8-12-22(36-2)13-9-18/h3-14,20,27,32H,15-16H2,1-2H3,(H,31,33,35). The monoisotopic (exact) mass is 483 g/mol. The normalized spacial score (nSPS) is 19.5. The van der Waals surface area contributed by atoms with Gasteiger partial charge in [0.1, 0.15) is 17.4 Å². The third-order valence-corrected chi connectivity index (χ3v) is 6.77. The first-order valence-corrected chi connectivity index (χ1v) is 11.8. The molecule has 2 heterocycles. The molecule has 2 aromatic carbocycles. The minimum atomic E-state index is -0.616. The van der Waals surface area contributed by atoms with Gasteiger partial charge in [-0.1, -0.05) is 30.3 Å². The number of benzene rings is 2. The Labute approximate surface area is 208 Å². The Kier molecular flexibility index (Phi) is 6.38. The van der Waals surface area contributed by atoms with Crippen molar-refractivity contribution in [3.8, 4) is 5.75 Å². The van der Waals surface area contributed by atoms with Crippen LogP contribution in [-0.2, 0) is 9.59 Å². The molecule has 0 bridgehead atoms. The molecule has 0 fully saturated rings. The summed E-state index contributed by atoms with van der Waals surface area (Å²) in [6.07, 6.45) is 2.54. The predicted octanol–water partition coefficient (Wildman–Crippen LogP) is 5.23. The van der Waals surface area contributed by atoms with Gasteiger partial charge in [-0.05, 0) is 66.8 Å². The molecule has 0 saturated heterocycles. The number of aromatic nitrogens is 1. The van der Waals surface area contributed by atoms with Crippen LogP contribution in [0.15, 0.2) is 95.5 Å². The van der Waals surface area contributed by atoms with Crippen LogP contribution in [0.2, 0.25) is 0 Å². The molecular weight excluding hydrogens is 457 g/mol. The van der Waals surface area contributed by atoms with Crippen LogP contribution in [-0.4, -0.2) is 23.8 Å². The molecule has 3 aromatic rings. The number of halogens is 1. The summed E-state index contributed by atoms with van der Waals surface area (Å²) >= 11 is 0. The van der Waals surface area contributed by atoms with Gasteiger partial charge in [0.05, 0.1) is 7.11 Å². The lowest BCUT2D eigenvalue weighted by atomic mass is 9.71. The summed E-state index contributed by atoms with van der Waals surface area (Å²) in [5.74, 6) is -0.212. The second-order valence-electron chi connectivity index (χ2n) is 9.01. The third kappa shape index (κ3) is 4.52. The highest BCUT2D eigenvalue weighted by Crippen LogP contribution is 2.45. The van der Waals surface area contributed by atoms with Crippen molar-refractivity contribution >= 4 is 17.5 Å². The fourth-order valence-corrected chi connectivity index (χ4v) is 5.06. The summed E-state index contributed by atoms with van der Waals surface area (Å²) in [6, 6.07) is 19.0. The maximum atomic E-state index is 13.8. The second kappa shape index (κ2) is 9.77. The molecule has 0 spiro atoms. The van der Waals surface area contributed by atoms with Crippen LogP contribution in [0.3, 0.4) is 0 Å². The number of hydrogen-bond donors (Lipinski definition) is 2. The fourth-order valence-electron chi connectivity index (χ4n) is 5.06. The number of nitrogens with zero attached hydrogens (tertiary/aromatic N) is 1. The van der Waals surface area contributed by atoms with Crippen molar-refractivity contribution in [1.82, 2.24) is 10.3 Å². The average Bonchev–Trinajstić information content (AvgIpc) is 2.89. The van der Waals surface area contributed by atoms with Crippen LogP contribution in [0.4, 0.5) is 10.2 Å². The van der Waals surface area contributed by atoms with Crippen molar-refractivity contribution in [2.75, 3.05) is 12.4 Å². The summed E-state index contributed by atoms with van der Waals surface area (Å²) in [6.45, 7) is 1.83. The maximum Gasteiger partial charge on any atom is 0.255 e. The zero-order valence-corrected chi connectivity index (χ0v) is 20.0. The minimum absolute atomic E-state index is 0.000203. The number of amides is 1. The molecule has 1 aliphatic heterocycles. The molecule has 2 unspecified atom stereocenters. The van der Waals surface area contributed by atoms with Crippen molar-refractivity contribution < 1.29 is 18.7 Å². The lowest BCUT2D eigenvalue weighted by Gasteiger charge is -2.37. The number of methoxy groups -OCH3 is 1. The number of rotatable bonds is 5. The Morgan fingerprint density at radius 2 is 1.75 bits per heavy atom. The molecule has 0 radical (unpaired) electrons. The maximum absolute atomic E-state index is 13.8. The van der Waals surface area contributed by atoms with Crippen LogP contribution in [0, 0.1) is 5.82 Å². The molecule has 2 N–H and O–H groups in total. The predicted molar refractivity (Wildman–Crippen MR) is 135 cm³/mol. The van der Waals surface area contributed by atoms with Gasteiger partial charge in [0.2, 0.25) is 0 Å². The van der Waals surface area contributed by atoms with Crippen molar-refractivity contribution in [3.05, 3.63) is 112 Å². The Morgan fingerprint density at radius 1 is 1.03 bits per heavy atom. The minimum Gasteiger partial charge on any atom is -0.497 e. The molecule has 0 saturated carbocycles. The van der Waals surface area contributed by atoms with Gasteiger partial charge in [-0.15, -0.1) is 0 Å². The number of ether oxygens (including phenoxy) is 1. The highest BCUT2D eigenvalue weighted by Gasteiger charge is 2.41. The first kappa shape index (κ1) is 23.5. The molecule has 182 valence electrons. The van der Waals surface area contributed by atoms with E-state index in [1.54, 1.807) is 43.6 Å². The molecule has 36 heavy (non-hydrogen) atoms. The number of hydrogen-bond acceptors (Lipinski definition) is 5. The number of ketones is 1. The van der Waals surface area contributed by atoms with Crippen molar-refractivity contribution in [2.45, 2.75) is 31.6 Å². The number of carbonyl (C=O) groups is 2. The van der Waals surface area contributed by atoms with E-state index in [-0.39, 0.29) is 23.4 Å². The third-order valence-electron chi connectivity index (χ3n) is 6.77. The average molecular weight is 484 g/mol. The van der Waals surface area contributed by atoms with E-state index in [1.807, 2.05) is 31.2 Å². The zero-order valence-electron chi connectivity index (χ0n) is 20.0. The lowest BCUT2D eigenvalue weighted by molar-refractivity contribution is -0.116. The number of anilines is 1.